The minimum Gasteiger partial charge on any atom is -0.456 e. The first-order chi connectivity index (χ1) is 27.7. The fourth-order valence-corrected chi connectivity index (χ4v) is 8.45. The van der Waals surface area contributed by atoms with Crippen LogP contribution in [-0.4, -0.2) is 0 Å². The molecule has 1 aliphatic carbocycles. The summed E-state index contributed by atoms with van der Waals surface area (Å²) in [4.78, 5) is 2.49. The Morgan fingerprint density at radius 2 is 1.30 bits per heavy atom. The monoisotopic (exact) mass is 720 g/mol. The number of anilines is 3. The van der Waals surface area contributed by atoms with E-state index in [0.29, 0.717) is 0 Å². The summed E-state index contributed by atoms with van der Waals surface area (Å²) in [6.45, 7) is 2.25. The minimum absolute atomic E-state index is 0.901. The number of nitrogens with zero attached hydrogens (tertiary/aromatic N) is 1. The quantitative estimate of drug-likeness (QED) is 0.192. The van der Waals surface area contributed by atoms with E-state index >= 15 is 0 Å². The van der Waals surface area contributed by atoms with E-state index in [1.807, 2.05) is 24.4 Å². The van der Waals surface area contributed by atoms with Crippen LogP contribution in [0.4, 0.5) is 17.1 Å². The van der Waals surface area contributed by atoms with Gasteiger partial charge in [0.15, 0.2) is 0 Å². The van der Waals surface area contributed by atoms with E-state index in [0.717, 1.165) is 29.7 Å². The Morgan fingerprint density at radius 3 is 2.21 bits per heavy atom. The van der Waals surface area contributed by atoms with Gasteiger partial charge in [-0.15, -0.1) is 0 Å². The molecule has 268 valence electrons. The van der Waals surface area contributed by atoms with Crippen LogP contribution in [0.25, 0.3) is 66.6 Å². The van der Waals surface area contributed by atoms with Crippen molar-refractivity contribution in [3.8, 4) is 22.3 Å². The molecule has 10 rings (SSSR count). The predicted molar refractivity (Wildman–Crippen MR) is 238 cm³/mol. The molecule has 2 aliphatic rings. The van der Waals surface area contributed by atoms with Crippen molar-refractivity contribution in [1.29, 1.82) is 0 Å². The maximum atomic E-state index is 6.26. The topological polar surface area (TPSA) is 28.4 Å². The molecule has 3 nitrogen and oxygen atoms in total. The summed E-state index contributed by atoms with van der Waals surface area (Å²) < 4.78 is 6.26. The molecule has 8 aromatic rings. The van der Waals surface area contributed by atoms with Gasteiger partial charge in [-0.1, -0.05) is 134 Å². The zero-order valence-electron chi connectivity index (χ0n) is 31.2. The maximum Gasteiger partial charge on any atom is 0.136 e. The van der Waals surface area contributed by atoms with Crippen LogP contribution >= 0.6 is 0 Å². The second-order valence-electron chi connectivity index (χ2n) is 14.6. The standard InChI is InChI=1S/C53H40N2O/c1-36-34-40(41-26-25-38-14-4-2-3-11-33-54-48-21-9-7-18-45(48)47(38)35-41)29-32-49(36)55(50-22-12-16-37-15-5-6-17-43(37)50)42-30-27-39(28-31-42)44-20-13-24-52-53(44)46-19-8-10-23-51(46)56-52/h2-27,29-30,32-35,54H,28,31H2,1H3/b3-2-,14-4-,33-11+. The number of allylic oxidation sites excluding steroid dienone is 8. The molecule has 56 heavy (non-hydrogen) atoms. The Labute approximate surface area is 327 Å². The summed E-state index contributed by atoms with van der Waals surface area (Å²) in [5.74, 6) is 0. The third-order valence-electron chi connectivity index (χ3n) is 11.2. The van der Waals surface area contributed by atoms with Crippen molar-refractivity contribution in [2.45, 2.75) is 19.8 Å². The molecule has 0 bridgehead atoms. The number of para-hydroxylation sites is 2. The third kappa shape index (κ3) is 6.04. The molecule has 0 radical (unpaired) electrons. The molecule has 7 aromatic carbocycles. The van der Waals surface area contributed by atoms with Gasteiger partial charge in [0.25, 0.3) is 0 Å². The SMILES string of the molecule is Cc1cc(-c2ccc3c(c2)-c2ccccc2N/C=C/C=C\C=C/3)ccc1N(C1=CC=C(c2cccc3oc4ccccc4c23)CC1)c1cccc2ccccc12. The smallest absolute Gasteiger partial charge is 0.136 e. The van der Waals surface area contributed by atoms with Crippen molar-refractivity contribution >= 4 is 61.4 Å². The number of fused-ring (bicyclic) bond motifs is 7. The molecule has 0 saturated heterocycles. The second kappa shape index (κ2) is 14.3. The van der Waals surface area contributed by atoms with E-state index in [9.17, 15) is 0 Å². The Morgan fingerprint density at radius 1 is 0.554 bits per heavy atom. The largest absolute Gasteiger partial charge is 0.456 e. The molecular formula is C53H40N2O. The van der Waals surface area contributed by atoms with Crippen molar-refractivity contribution in [2.24, 2.45) is 0 Å². The predicted octanol–water partition coefficient (Wildman–Crippen LogP) is 14.8. The molecule has 1 aromatic heterocycles. The maximum absolute atomic E-state index is 6.26. The summed E-state index contributed by atoms with van der Waals surface area (Å²) in [6, 6.07) is 52.5. The highest BCUT2D eigenvalue weighted by Crippen LogP contribution is 2.44. The fraction of sp³-hybridized carbons (Fsp3) is 0.0566. The lowest BCUT2D eigenvalue weighted by Crippen LogP contribution is -2.19. The number of aryl methyl sites for hydroxylation is 1. The Bertz CT molecular complexity index is 2960. The molecule has 0 fully saturated rings. The van der Waals surface area contributed by atoms with Crippen LogP contribution in [0, 0.1) is 6.92 Å². The van der Waals surface area contributed by atoms with Crippen molar-refractivity contribution in [1.82, 2.24) is 0 Å². The Hall–Kier alpha value is -7.10. The zero-order chi connectivity index (χ0) is 37.4. The van der Waals surface area contributed by atoms with Crippen molar-refractivity contribution in [2.75, 3.05) is 10.2 Å². The van der Waals surface area contributed by atoms with Gasteiger partial charge in [-0.25, -0.2) is 0 Å². The highest BCUT2D eigenvalue weighted by atomic mass is 16.3. The Balaban J connectivity index is 1.08. The average molecular weight is 721 g/mol. The number of nitrogens with one attached hydrogen (secondary N) is 1. The fourth-order valence-electron chi connectivity index (χ4n) is 8.45. The van der Waals surface area contributed by atoms with Gasteiger partial charge in [0.2, 0.25) is 0 Å². The first-order valence-corrected chi connectivity index (χ1v) is 19.4. The number of rotatable bonds is 5. The van der Waals surface area contributed by atoms with Gasteiger partial charge in [-0.05, 0) is 119 Å². The molecule has 0 atom stereocenters. The van der Waals surface area contributed by atoms with E-state index in [-0.39, 0.29) is 0 Å². The average Bonchev–Trinajstić information content (AvgIpc) is 3.62. The van der Waals surface area contributed by atoms with E-state index in [1.165, 1.54) is 83.1 Å². The van der Waals surface area contributed by atoms with Crippen LogP contribution in [0.3, 0.4) is 0 Å². The number of benzene rings is 7. The van der Waals surface area contributed by atoms with Gasteiger partial charge in [0, 0.05) is 45.0 Å². The molecule has 0 saturated carbocycles. The summed E-state index contributed by atoms with van der Waals surface area (Å²) >= 11 is 0. The number of furan rings is 1. The lowest BCUT2D eigenvalue weighted by Gasteiger charge is -2.32. The molecule has 2 heterocycles. The van der Waals surface area contributed by atoms with Gasteiger partial charge in [0.05, 0.1) is 5.69 Å². The molecular weight excluding hydrogens is 681 g/mol. The van der Waals surface area contributed by atoms with Crippen LogP contribution in [0.1, 0.15) is 29.5 Å². The van der Waals surface area contributed by atoms with Crippen LogP contribution in [-0.2, 0) is 0 Å². The van der Waals surface area contributed by atoms with Crippen LogP contribution < -0.4 is 10.2 Å². The zero-order valence-corrected chi connectivity index (χ0v) is 31.2. The second-order valence-corrected chi connectivity index (χ2v) is 14.6. The molecule has 0 spiro atoms. The van der Waals surface area contributed by atoms with E-state index in [2.05, 4.69) is 187 Å². The van der Waals surface area contributed by atoms with Crippen LogP contribution in [0.15, 0.2) is 198 Å². The number of hydrogen-bond donors (Lipinski definition) is 1. The highest BCUT2D eigenvalue weighted by molar-refractivity contribution is 6.10. The number of hydrogen-bond acceptors (Lipinski definition) is 3. The lowest BCUT2D eigenvalue weighted by molar-refractivity contribution is 0.669. The highest BCUT2D eigenvalue weighted by Gasteiger charge is 2.23. The third-order valence-corrected chi connectivity index (χ3v) is 11.2. The van der Waals surface area contributed by atoms with Crippen molar-refractivity contribution in [3.05, 3.63) is 211 Å². The summed E-state index contributed by atoms with van der Waals surface area (Å²) in [5.41, 5.74) is 16.3. The van der Waals surface area contributed by atoms with E-state index < -0.39 is 0 Å². The van der Waals surface area contributed by atoms with Crippen LogP contribution in [0.5, 0.6) is 0 Å². The molecule has 3 heteroatoms. The van der Waals surface area contributed by atoms with Gasteiger partial charge < -0.3 is 14.6 Å². The van der Waals surface area contributed by atoms with Crippen LogP contribution in [0.2, 0.25) is 0 Å². The van der Waals surface area contributed by atoms with E-state index in [1.54, 1.807) is 0 Å². The summed E-state index contributed by atoms with van der Waals surface area (Å²) in [6.07, 6.45) is 18.9. The van der Waals surface area contributed by atoms with Gasteiger partial charge in [-0.3, -0.25) is 0 Å². The molecule has 0 amide bonds. The first kappa shape index (κ1) is 33.5. The molecule has 1 aliphatic heterocycles. The van der Waals surface area contributed by atoms with Crippen molar-refractivity contribution in [3.63, 3.8) is 0 Å². The minimum atomic E-state index is 0.901. The molecule has 0 unspecified atom stereocenters. The molecule has 1 N–H and O–H groups in total. The van der Waals surface area contributed by atoms with E-state index in [4.69, 9.17) is 4.42 Å². The van der Waals surface area contributed by atoms with Gasteiger partial charge in [0.1, 0.15) is 11.2 Å². The lowest BCUT2D eigenvalue weighted by atomic mass is 9.91. The Kier molecular flexibility index (Phi) is 8.53. The van der Waals surface area contributed by atoms with Gasteiger partial charge in [-0.2, -0.15) is 0 Å². The summed E-state index contributed by atoms with van der Waals surface area (Å²) in [7, 11) is 0. The summed E-state index contributed by atoms with van der Waals surface area (Å²) in [5, 5.41) is 8.32. The van der Waals surface area contributed by atoms with Gasteiger partial charge >= 0.3 is 0 Å². The first-order valence-electron chi connectivity index (χ1n) is 19.4. The van der Waals surface area contributed by atoms with Crippen molar-refractivity contribution < 1.29 is 4.42 Å². The normalized spacial score (nSPS) is 15.5.